The Morgan fingerprint density at radius 2 is 2.30 bits per heavy atom. The fraction of sp³-hybridized carbons (Fsp3) is 0.545. The van der Waals surface area contributed by atoms with Crippen molar-refractivity contribution >= 4 is 34.9 Å². The summed E-state index contributed by atoms with van der Waals surface area (Å²) in [5.41, 5.74) is 11.6. The van der Waals surface area contributed by atoms with Crippen molar-refractivity contribution in [3.63, 3.8) is 0 Å². The molecule has 2 atom stereocenters. The molecule has 0 aliphatic rings. The maximum absolute atomic E-state index is 11.6. The van der Waals surface area contributed by atoms with E-state index in [-0.39, 0.29) is 0 Å². The molecule has 0 saturated carbocycles. The molecule has 0 spiro atoms. The lowest BCUT2D eigenvalue weighted by atomic mass is 10.1. The molecule has 7 nitrogen and oxygen atoms in total. The third kappa shape index (κ3) is 5.45. The number of aliphatic hydroxyl groups excluding tert-OH is 1. The predicted octanol–water partition coefficient (Wildman–Crippen LogP) is -0.264. The maximum atomic E-state index is 11.6. The first kappa shape index (κ1) is 16.9. The summed E-state index contributed by atoms with van der Waals surface area (Å²) >= 11 is 2.83. The van der Waals surface area contributed by atoms with Gasteiger partial charge in [0.25, 0.3) is 11.8 Å². The van der Waals surface area contributed by atoms with E-state index in [4.69, 9.17) is 5.73 Å². The van der Waals surface area contributed by atoms with Gasteiger partial charge in [-0.25, -0.2) is 0 Å². The van der Waals surface area contributed by atoms with Crippen LogP contribution in [0.1, 0.15) is 23.0 Å². The molecular weight excluding hydrogens is 300 g/mol. The molecule has 0 saturated heterocycles. The third-order valence-electron chi connectivity index (χ3n) is 2.43. The number of aliphatic hydroxyl groups is 1. The topological polar surface area (TPSA) is 117 Å². The minimum Gasteiger partial charge on any atom is -0.382 e. The Balaban J connectivity index is 2.32. The van der Waals surface area contributed by atoms with Crippen LogP contribution in [0, 0.1) is 0 Å². The van der Waals surface area contributed by atoms with Crippen molar-refractivity contribution in [3.8, 4) is 0 Å². The quantitative estimate of drug-likeness (QED) is 0.406. The monoisotopic (exact) mass is 318 g/mol. The van der Waals surface area contributed by atoms with Crippen LogP contribution in [0.15, 0.2) is 11.7 Å². The van der Waals surface area contributed by atoms with Crippen LogP contribution in [-0.4, -0.2) is 45.6 Å². The molecule has 5 N–H and O–H groups in total. The summed E-state index contributed by atoms with van der Waals surface area (Å²) in [6.45, 7) is 2.02. The molecule has 0 bridgehead atoms. The first-order valence-electron chi connectivity index (χ1n) is 6.06. The molecule has 0 aromatic carbocycles. The third-order valence-corrected chi connectivity index (χ3v) is 4.13. The van der Waals surface area contributed by atoms with Crippen LogP contribution in [0.25, 0.3) is 0 Å². The lowest BCUT2D eigenvalue weighted by Gasteiger charge is -2.18. The second-order valence-corrected chi connectivity index (χ2v) is 6.18. The molecule has 1 rings (SSSR count). The lowest BCUT2D eigenvalue weighted by Crippen LogP contribution is -2.52. The fourth-order valence-electron chi connectivity index (χ4n) is 1.30. The van der Waals surface area contributed by atoms with E-state index in [9.17, 15) is 14.7 Å². The second-order valence-electron chi connectivity index (χ2n) is 3.90. The summed E-state index contributed by atoms with van der Waals surface area (Å²) in [7, 11) is 0. The Kier molecular flexibility index (Phi) is 7.52. The summed E-state index contributed by atoms with van der Waals surface area (Å²) in [6.07, 6.45) is 0.556. The highest BCUT2D eigenvalue weighted by molar-refractivity contribution is 7.99. The van der Waals surface area contributed by atoms with Gasteiger partial charge in [-0.2, -0.15) is 11.8 Å². The van der Waals surface area contributed by atoms with Gasteiger partial charge in [0, 0.05) is 6.04 Å². The Morgan fingerprint density at radius 1 is 1.55 bits per heavy atom. The molecule has 1 aromatic heterocycles. The van der Waals surface area contributed by atoms with Gasteiger partial charge in [0.05, 0.1) is 11.7 Å². The number of rotatable bonds is 7. The number of nitrogens with zero attached hydrogens (tertiary/aromatic N) is 1. The average Bonchev–Trinajstić information content (AvgIpc) is 2.97. The van der Waals surface area contributed by atoms with E-state index in [2.05, 4.69) is 15.8 Å². The van der Waals surface area contributed by atoms with Crippen molar-refractivity contribution in [2.45, 2.75) is 25.5 Å². The zero-order valence-electron chi connectivity index (χ0n) is 11.0. The minimum atomic E-state index is -1.35. The highest BCUT2D eigenvalue weighted by Crippen LogP contribution is 2.06. The van der Waals surface area contributed by atoms with Crippen molar-refractivity contribution in [1.82, 2.24) is 15.8 Å². The molecule has 0 radical (unpaired) electrons. The summed E-state index contributed by atoms with van der Waals surface area (Å²) < 4.78 is 0. The first-order chi connectivity index (χ1) is 9.56. The number of hydrogen-bond donors (Lipinski definition) is 4. The zero-order valence-corrected chi connectivity index (χ0v) is 12.7. The Hall–Kier alpha value is -1.16. The minimum absolute atomic E-state index is 0.364. The predicted molar refractivity (Wildman–Crippen MR) is 79.3 cm³/mol. The van der Waals surface area contributed by atoms with E-state index < -0.39 is 24.0 Å². The van der Waals surface area contributed by atoms with Gasteiger partial charge in [0.1, 0.15) is 11.0 Å². The smallest absolute Gasteiger partial charge is 0.281 e. The van der Waals surface area contributed by atoms with Crippen LogP contribution in [-0.2, 0) is 4.79 Å². The number of nitrogens with one attached hydrogen (secondary N) is 2. The molecule has 1 aromatic rings. The average molecular weight is 318 g/mol. The van der Waals surface area contributed by atoms with Gasteiger partial charge in [-0.3, -0.25) is 25.4 Å². The van der Waals surface area contributed by atoms with Crippen LogP contribution in [0.4, 0.5) is 0 Å². The van der Waals surface area contributed by atoms with Crippen molar-refractivity contribution < 1.29 is 14.7 Å². The van der Waals surface area contributed by atoms with E-state index in [1.165, 1.54) is 11.7 Å². The molecule has 0 aliphatic heterocycles. The van der Waals surface area contributed by atoms with Crippen LogP contribution in [0.2, 0.25) is 0 Å². The normalized spacial score (nSPS) is 13.6. The van der Waals surface area contributed by atoms with Crippen molar-refractivity contribution in [2.24, 2.45) is 5.73 Å². The highest BCUT2D eigenvalue weighted by atomic mass is 32.2. The van der Waals surface area contributed by atoms with Crippen LogP contribution < -0.4 is 16.6 Å². The van der Waals surface area contributed by atoms with Crippen LogP contribution in [0.5, 0.6) is 0 Å². The Morgan fingerprint density at radius 3 is 2.90 bits per heavy atom. The van der Waals surface area contributed by atoms with Gasteiger partial charge in [-0.15, -0.1) is 11.3 Å². The Labute approximate surface area is 125 Å². The molecule has 9 heteroatoms. The molecule has 0 fully saturated rings. The maximum Gasteiger partial charge on any atom is 0.281 e. The van der Waals surface area contributed by atoms with E-state index in [0.29, 0.717) is 11.3 Å². The standard InChI is InChI=1S/C11H18N4O3S2/c1-2-19-4-3-7(12)9(16)11(18)15-14-10(17)8-5-13-6-20-8/h5-7,9,16H,2-4,12H2,1H3,(H,14,17)(H,15,18)/t7-,9?/m1/s1. The molecule has 112 valence electrons. The van der Waals surface area contributed by atoms with Crippen LogP contribution in [0.3, 0.4) is 0 Å². The molecule has 1 heterocycles. The highest BCUT2D eigenvalue weighted by Gasteiger charge is 2.23. The number of hydrogen-bond acceptors (Lipinski definition) is 7. The fourth-order valence-corrected chi connectivity index (χ4v) is 2.54. The van der Waals surface area contributed by atoms with E-state index in [1.807, 2.05) is 6.92 Å². The molecule has 2 amide bonds. The molecule has 0 aliphatic carbocycles. The summed E-state index contributed by atoms with van der Waals surface area (Å²) in [4.78, 5) is 27.3. The SMILES string of the molecule is CCSCC[C@@H](N)C(O)C(=O)NNC(=O)c1cncs1. The largest absolute Gasteiger partial charge is 0.382 e. The van der Waals surface area contributed by atoms with Gasteiger partial charge in [0.15, 0.2) is 0 Å². The van der Waals surface area contributed by atoms with Gasteiger partial charge in [0.2, 0.25) is 0 Å². The first-order valence-corrected chi connectivity index (χ1v) is 8.09. The Bertz CT molecular complexity index is 427. The summed E-state index contributed by atoms with van der Waals surface area (Å²) in [6, 6.07) is -0.658. The number of thiazole rings is 1. The summed E-state index contributed by atoms with van der Waals surface area (Å²) in [5.74, 6) is 0.523. The number of carbonyl (C=O) groups excluding carboxylic acids is 2. The number of carbonyl (C=O) groups is 2. The van der Waals surface area contributed by atoms with Crippen molar-refractivity contribution in [3.05, 3.63) is 16.6 Å². The molecular formula is C11H18N4O3S2. The second kappa shape index (κ2) is 8.90. The molecule has 1 unspecified atom stereocenters. The van der Waals surface area contributed by atoms with E-state index in [0.717, 1.165) is 22.8 Å². The lowest BCUT2D eigenvalue weighted by molar-refractivity contribution is -0.131. The van der Waals surface area contributed by atoms with Gasteiger partial charge >= 0.3 is 0 Å². The van der Waals surface area contributed by atoms with Gasteiger partial charge in [-0.05, 0) is 17.9 Å². The van der Waals surface area contributed by atoms with E-state index in [1.54, 1.807) is 11.8 Å². The van der Waals surface area contributed by atoms with Crippen molar-refractivity contribution in [2.75, 3.05) is 11.5 Å². The number of amides is 2. The van der Waals surface area contributed by atoms with Crippen molar-refractivity contribution in [1.29, 1.82) is 0 Å². The van der Waals surface area contributed by atoms with Gasteiger partial charge < -0.3 is 10.8 Å². The number of aromatic nitrogens is 1. The number of thioether (sulfide) groups is 1. The molecule has 20 heavy (non-hydrogen) atoms. The van der Waals surface area contributed by atoms with E-state index >= 15 is 0 Å². The number of nitrogens with two attached hydrogens (primary N) is 1. The summed E-state index contributed by atoms with van der Waals surface area (Å²) in [5, 5.41) is 9.72. The van der Waals surface area contributed by atoms with Crippen LogP contribution >= 0.6 is 23.1 Å². The number of hydrazine groups is 1. The zero-order chi connectivity index (χ0) is 15.0. The van der Waals surface area contributed by atoms with Gasteiger partial charge in [-0.1, -0.05) is 6.92 Å².